The Labute approximate surface area is 337 Å². The standard InChI is InChI=1S/C55H38N2O/c1-37-17-16-22-40(35-37)56(41-31-32-42(38-18-4-2-5-19-38)48(36-41)39-20-6-3-7-21-39)52-34-33-46(55-54(52)47-26-11-15-30-53(47)58-55)45-25-10-14-29-51(45)57-49-27-12-8-23-43(49)44-24-9-13-28-50(44)57/h2-36H,1H3. The van der Waals surface area contributed by atoms with E-state index < -0.39 is 0 Å². The largest absolute Gasteiger partial charge is 0.455 e. The van der Waals surface area contributed by atoms with Gasteiger partial charge in [-0.2, -0.15) is 0 Å². The zero-order chi connectivity index (χ0) is 38.6. The maximum Gasteiger partial charge on any atom is 0.145 e. The lowest BCUT2D eigenvalue weighted by Crippen LogP contribution is -2.11. The molecule has 274 valence electrons. The lowest BCUT2D eigenvalue weighted by atomic mass is 9.93. The monoisotopic (exact) mass is 742 g/mol. The van der Waals surface area contributed by atoms with Crippen molar-refractivity contribution in [3.63, 3.8) is 0 Å². The molecule has 0 saturated carbocycles. The summed E-state index contributed by atoms with van der Waals surface area (Å²) in [5, 5.41) is 4.61. The van der Waals surface area contributed by atoms with E-state index in [1.54, 1.807) is 0 Å². The number of aryl methyl sites for hydroxylation is 1. The predicted molar refractivity (Wildman–Crippen MR) is 244 cm³/mol. The van der Waals surface area contributed by atoms with E-state index in [2.05, 4.69) is 229 Å². The minimum atomic E-state index is 0.855. The van der Waals surface area contributed by atoms with Gasteiger partial charge in [-0.25, -0.2) is 0 Å². The van der Waals surface area contributed by atoms with Crippen LogP contribution in [0, 0.1) is 6.92 Å². The van der Waals surface area contributed by atoms with Gasteiger partial charge in [0, 0.05) is 38.7 Å². The summed E-state index contributed by atoms with van der Waals surface area (Å²) in [6, 6.07) is 76.2. The van der Waals surface area contributed by atoms with Crippen LogP contribution >= 0.6 is 0 Å². The van der Waals surface area contributed by atoms with E-state index in [-0.39, 0.29) is 0 Å². The minimum Gasteiger partial charge on any atom is -0.455 e. The Morgan fingerprint density at radius 1 is 0.414 bits per heavy atom. The number of anilines is 3. The highest BCUT2D eigenvalue weighted by Gasteiger charge is 2.25. The lowest BCUT2D eigenvalue weighted by Gasteiger charge is -2.28. The first kappa shape index (κ1) is 33.7. The smallest absolute Gasteiger partial charge is 0.145 e. The molecule has 11 aromatic rings. The van der Waals surface area contributed by atoms with Gasteiger partial charge in [-0.15, -0.1) is 0 Å². The molecule has 0 aliphatic rings. The summed E-state index contributed by atoms with van der Waals surface area (Å²) in [5.41, 5.74) is 16.4. The van der Waals surface area contributed by atoms with Crippen molar-refractivity contribution in [1.82, 2.24) is 4.57 Å². The number of benzene rings is 9. The molecule has 3 nitrogen and oxygen atoms in total. The Bertz CT molecular complexity index is 3250. The van der Waals surface area contributed by atoms with Crippen molar-refractivity contribution in [2.24, 2.45) is 0 Å². The third-order valence-electron chi connectivity index (χ3n) is 11.5. The fourth-order valence-electron chi connectivity index (χ4n) is 8.88. The van der Waals surface area contributed by atoms with Gasteiger partial charge in [-0.3, -0.25) is 0 Å². The van der Waals surface area contributed by atoms with Crippen LogP contribution < -0.4 is 4.90 Å². The first-order valence-corrected chi connectivity index (χ1v) is 19.9. The molecule has 9 aromatic carbocycles. The van der Waals surface area contributed by atoms with Crippen molar-refractivity contribution >= 4 is 60.8 Å². The highest BCUT2D eigenvalue weighted by Crippen LogP contribution is 2.48. The second-order valence-corrected chi connectivity index (χ2v) is 15.0. The highest BCUT2D eigenvalue weighted by atomic mass is 16.3. The van der Waals surface area contributed by atoms with Crippen molar-refractivity contribution in [3.05, 3.63) is 218 Å². The zero-order valence-electron chi connectivity index (χ0n) is 32.0. The van der Waals surface area contributed by atoms with Gasteiger partial charge in [0.15, 0.2) is 0 Å². The van der Waals surface area contributed by atoms with E-state index in [1.165, 1.54) is 49.6 Å². The molecule has 0 unspecified atom stereocenters. The van der Waals surface area contributed by atoms with Crippen LogP contribution in [0.15, 0.2) is 217 Å². The third kappa shape index (κ3) is 5.51. The van der Waals surface area contributed by atoms with E-state index in [0.29, 0.717) is 0 Å². The molecule has 0 aliphatic carbocycles. The third-order valence-corrected chi connectivity index (χ3v) is 11.5. The van der Waals surface area contributed by atoms with Crippen LogP contribution in [0.5, 0.6) is 0 Å². The Balaban J connectivity index is 1.18. The second kappa shape index (κ2) is 13.8. The average molecular weight is 743 g/mol. The van der Waals surface area contributed by atoms with Gasteiger partial charge in [-0.1, -0.05) is 152 Å². The summed E-state index contributed by atoms with van der Waals surface area (Å²) in [5.74, 6) is 0. The van der Waals surface area contributed by atoms with Gasteiger partial charge in [-0.05, 0) is 95.4 Å². The first-order chi connectivity index (χ1) is 28.7. The normalized spacial score (nSPS) is 11.5. The number of hydrogen-bond acceptors (Lipinski definition) is 2. The number of rotatable bonds is 7. The number of furan rings is 1. The summed E-state index contributed by atoms with van der Waals surface area (Å²) in [6.07, 6.45) is 0. The number of nitrogens with zero attached hydrogens (tertiary/aromatic N) is 2. The van der Waals surface area contributed by atoms with Crippen molar-refractivity contribution in [2.75, 3.05) is 4.90 Å². The molecule has 2 aromatic heterocycles. The van der Waals surface area contributed by atoms with Crippen molar-refractivity contribution < 1.29 is 4.42 Å². The van der Waals surface area contributed by atoms with Gasteiger partial charge < -0.3 is 13.9 Å². The molecular weight excluding hydrogens is 705 g/mol. The molecule has 0 aliphatic heterocycles. The van der Waals surface area contributed by atoms with Gasteiger partial charge in [0.2, 0.25) is 0 Å². The van der Waals surface area contributed by atoms with E-state index in [4.69, 9.17) is 4.42 Å². The Morgan fingerprint density at radius 3 is 1.72 bits per heavy atom. The van der Waals surface area contributed by atoms with Gasteiger partial charge >= 0.3 is 0 Å². The summed E-state index contributed by atoms with van der Waals surface area (Å²) in [7, 11) is 0. The maximum absolute atomic E-state index is 7.01. The van der Waals surface area contributed by atoms with Gasteiger partial charge in [0.1, 0.15) is 11.2 Å². The molecule has 0 fully saturated rings. The number of fused-ring (bicyclic) bond motifs is 6. The molecule has 11 rings (SSSR count). The van der Waals surface area contributed by atoms with Crippen LogP contribution in [0.3, 0.4) is 0 Å². The molecule has 0 N–H and O–H groups in total. The molecule has 0 atom stereocenters. The second-order valence-electron chi connectivity index (χ2n) is 15.0. The summed E-state index contributed by atoms with van der Waals surface area (Å²) in [6.45, 7) is 2.16. The molecule has 3 heteroatoms. The summed E-state index contributed by atoms with van der Waals surface area (Å²) >= 11 is 0. The Morgan fingerprint density at radius 2 is 1.00 bits per heavy atom. The fourth-order valence-corrected chi connectivity index (χ4v) is 8.88. The Kier molecular flexibility index (Phi) is 8.04. The molecule has 0 spiro atoms. The van der Waals surface area contributed by atoms with Crippen LogP contribution in [-0.4, -0.2) is 4.57 Å². The zero-order valence-corrected chi connectivity index (χ0v) is 32.0. The lowest BCUT2D eigenvalue weighted by molar-refractivity contribution is 0.670. The number of para-hydroxylation sites is 4. The summed E-state index contributed by atoms with van der Waals surface area (Å²) in [4.78, 5) is 2.40. The first-order valence-electron chi connectivity index (χ1n) is 19.9. The molecular formula is C55H38N2O. The molecule has 0 saturated heterocycles. The van der Waals surface area contributed by atoms with Crippen LogP contribution in [0.25, 0.3) is 82.8 Å². The van der Waals surface area contributed by atoms with Crippen molar-refractivity contribution in [3.8, 4) is 39.1 Å². The van der Waals surface area contributed by atoms with Crippen LogP contribution in [0.4, 0.5) is 17.1 Å². The predicted octanol–water partition coefficient (Wildman–Crippen LogP) is 15.5. The van der Waals surface area contributed by atoms with E-state index in [0.717, 1.165) is 55.8 Å². The molecule has 0 bridgehead atoms. The fraction of sp³-hybridized carbons (Fsp3) is 0.0182. The SMILES string of the molecule is Cc1cccc(N(c2ccc(-c3ccccc3)c(-c3ccccc3)c2)c2ccc(-c3ccccc3-n3c4ccccc4c4ccccc43)c3oc4ccccc4c23)c1. The highest BCUT2D eigenvalue weighted by molar-refractivity contribution is 6.18. The minimum absolute atomic E-state index is 0.855. The van der Waals surface area contributed by atoms with Crippen LogP contribution in [0.2, 0.25) is 0 Å². The topological polar surface area (TPSA) is 21.3 Å². The van der Waals surface area contributed by atoms with Crippen molar-refractivity contribution in [2.45, 2.75) is 6.92 Å². The molecule has 0 radical (unpaired) electrons. The number of hydrogen-bond donors (Lipinski definition) is 0. The quantitative estimate of drug-likeness (QED) is 0.162. The maximum atomic E-state index is 7.01. The molecule has 58 heavy (non-hydrogen) atoms. The Hall–Kier alpha value is -7.62. The summed E-state index contributed by atoms with van der Waals surface area (Å²) < 4.78 is 9.41. The number of aromatic nitrogens is 1. The van der Waals surface area contributed by atoms with E-state index in [1.807, 2.05) is 0 Å². The van der Waals surface area contributed by atoms with Gasteiger partial charge in [0.05, 0.1) is 27.8 Å². The van der Waals surface area contributed by atoms with E-state index in [9.17, 15) is 0 Å². The molecule has 0 amide bonds. The van der Waals surface area contributed by atoms with Gasteiger partial charge in [0.25, 0.3) is 0 Å². The average Bonchev–Trinajstić information content (AvgIpc) is 3.84. The molecule has 2 heterocycles. The van der Waals surface area contributed by atoms with E-state index >= 15 is 0 Å². The van der Waals surface area contributed by atoms with Crippen LogP contribution in [0.1, 0.15) is 5.56 Å². The van der Waals surface area contributed by atoms with Crippen molar-refractivity contribution in [1.29, 1.82) is 0 Å². The van der Waals surface area contributed by atoms with Crippen LogP contribution in [-0.2, 0) is 0 Å².